The van der Waals surface area contributed by atoms with E-state index in [1.165, 1.54) is 25.7 Å². The van der Waals surface area contributed by atoms with Gasteiger partial charge in [0, 0.05) is 32.3 Å². The normalized spacial score (nSPS) is 21.1. The maximum Gasteiger partial charge on any atom is 0.264 e. The highest BCUT2D eigenvalue weighted by Gasteiger charge is 2.59. The van der Waals surface area contributed by atoms with E-state index in [1.807, 2.05) is 41.4 Å². The van der Waals surface area contributed by atoms with Gasteiger partial charge < -0.3 is 14.8 Å². The molecule has 5 rings (SSSR count). The largest absolute Gasteiger partial charge is 0.355 e. The van der Waals surface area contributed by atoms with Crippen LogP contribution in [0, 0.1) is 11.3 Å². The molecule has 31 heavy (non-hydrogen) atoms. The van der Waals surface area contributed by atoms with Gasteiger partial charge in [-0.3, -0.25) is 14.4 Å². The fraction of sp³-hybridized carbons (Fsp3) is 0.480. The zero-order valence-electron chi connectivity index (χ0n) is 18.0. The quantitative estimate of drug-likeness (QED) is 0.828. The fourth-order valence-corrected chi connectivity index (χ4v) is 5.70. The lowest BCUT2D eigenvalue weighted by Gasteiger charge is -2.31. The summed E-state index contributed by atoms with van der Waals surface area (Å²) >= 11 is 0. The molecular weight excluding hydrogens is 390 g/mol. The zero-order chi connectivity index (χ0) is 21.6. The number of pyridine rings is 1. The van der Waals surface area contributed by atoms with Crippen LogP contribution >= 0.6 is 0 Å². The first kappa shape index (κ1) is 20.0. The van der Waals surface area contributed by atoms with Crippen molar-refractivity contribution in [3.05, 3.63) is 69.1 Å². The van der Waals surface area contributed by atoms with E-state index < -0.39 is 0 Å². The van der Waals surface area contributed by atoms with Crippen LogP contribution in [-0.4, -0.2) is 34.9 Å². The Hall–Kier alpha value is -2.89. The summed E-state index contributed by atoms with van der Waals surface area (Å²) in [6.07, 6.45) is 8.30. The summed E-state index contributed by atoms with van der Waals surface area (Å²) < 4.78 is 1.61. The van der Waals surface area contributed by atoms with Crippen molar-refractivity contribution in [3.8, 4) is 0 Å². The average molecular weight is 420 g/mol. The summed E-state index contributed by atoms with van der Waals surface area (Å²) in [7, 11) is 1.55. The average Bonchev–Trinajstić information content (AvgIpc) is 3.29. The van der Waals surface area contributed by atoms with Crippen molar-refractivity contribution < 1.29 is 9.59 Å². The van der Waals surface area contributed by atoms with Crippen LogP contribution in [0.5, 0.6) is 0 Å². The lowest BCUT2D eigenvalue weighted by molar-refractivity contribution is -0.134. The van der Waals surface area contributed by atoms with E-state index in [0.29, 0.717) is 26.1 Å². The second-order valence-electron chi connectivity index (χ2n) is 9.34. The lowest BCUT2D eigenvalue weighted by Crippen LogP contribution is -2.42. The Balaban J connectivity index is 1.46. The molecule has 2 saturated carbocycles. The van der Waals surface area contributed by atoms with Crippen molar-refractivity contribution in [1.82, 2.24) is 14.8 Å². The minimum atomic E-state index is -0.351. The molecule has 162 valence electrons. The number of carbonyl (C=O) groups excluding carboxylic acids is 2. The summed E-state index contributed by atoms with van der Waals surface area (Å²) in [4.78, 5) is 41.0. The molecule has 1 aromatic carbocycles. The molecule has 1 aliphatic heterocycles. The Morgan fingerprint density at radius 3 is 2.61 bits per heavy atom. The minimum absolute atomic E-state index is 0.171. The van der Waals surface area contributed by atoms with Gasteiger partial charge in [-0.25, -0.2) is 0 Å². The second-order valence-corrected chi connectivity index (χ2v) is 9.34. The van der Waals surface area contributed by atoms with Gasteiger partial charge in [0.15, 0.2) is 0 Å². The van der Waals surface area contributed by atoms with Gasteiger partial charge in [0.25, 0.3) is 11.5 Å². The van der Waals surface area contributed by atoms with E-state index in [2.05, 4.69) is 5.32 Å². The fourth-order valence-electron chi connectivity index (χ4n) is 5.70. The molecule has 1 aromatic heterocycles. The molecule has 0 radical (unpaired) electrons. The molecule has 1 atom stereocenters. The lowest BCUT2D eigenvalue weighted by atomic mass is 9.95. The van der Waals surface area contributed by atoms with Crippen LogP contribution < -0.4 is 10.9 Å². The van der Waals surface area contributed by atoms with E-state index in [1.54, 1.807) is 11.6 Å². The molecule has 2 amide bonds. The maximum atomic E-state index is 13.2. The number of nitrogens with zero attached hydrogens (tertiary/aromatic N) is 2. The second kappa shape index (κ2) is 7.66. The molecule has 2 fully saturated rings. The number of amides is 2. The smallest absolute Gasteiger partial charge is 0.264 e. The summed E-state index contributed by atoms with van der Waals surface area (Å²) in [5.74, 6) is 0.0792. The van der Waals surface area contributed by atoms with E-state index in [9.17, 15) is 14.4 Å². The van der Waals surface area contributed by atoms with Crippen molar-refractivity contribution in [1.29, 1.82) is 0 Å². The predicted octanol–water partition coefficient (Wildman–Crippen LogP) is 2.72. The van der Waals surface area contributed by atoms with Crippen LogP contribution in [0.25, 0.3) is 0 Å². The van der Waals surface area contributed by atoms with Crippen LogP contribution in [0.1, 0.15) is 59.2 Å². The molecule has 0 bridgehead atoms. The number of nitrogens with one attached hydrogen (secondary N) is 1. The van der Waals surface area contributed by atoms with Gasteiger partial charge in [-0.1, -0.05) is 43.2 Å². The monoisotopic (exact) mass is 419 g/mol. The van der Waals surface area contributed by atoms with Crippen LogP contribution in [0.3, 0.4) is 0 Å². The Labute approximate surface area is 182 Å². The van der Waals surface area contributed by atoms with Crippen molar-refractivity contribution in [2.45, 2.75) is 51.6 Å². The number of aromatic nitrogens is 1. The molecule has 1 unspecified atom stereocenters. The van der Waals surface area contributed by atoms with Gasteiger partial charge in [-0.15, -0.1) is 0 Å². The summed E-state index contributed by atoms with van der Waals surface area (Å²) in [6.45, 7) is 1.45. The van der Waals surface area contributed by atoms with Gasteiger partial charge >= 0.3 is 0 Å². The first-order valence-corrected chi connectivity index (χ1v) is 11.3. The summed E-state index contributed by atoms with van der Waals surface area (Å²) in [5.41, 5.74) is 2.93. The Kier molecular flexibility index (Phi) is 4.95. The van der Waals surface area contributed by atoms with Crippen LogP contribution in [0.2, 0.25) is 0 Å². The molecule has 6 heteroatoms. The molecule has 1 N–H and O–H groups in total. The Bertz CT molecular complexity index is 1080. The molecule has 2 aromatic rings. The third-order valence-corrected chi connectivity index (χ3v) is 7.52. The molecule has 6 nitrogen and oxygen atoms in total. The maximum absolute atomic E-state index is 13.2. The zero-order valence-corrected chi connectivity index (χ0v) is 18.0. The Morgan fingerprint density at radius 2 is 1.90 bits per heavy atom. The number of benzene rings is 1. The van der Waals surface area contributed by atoms with E-state index in [0.717, 1.165) is 23.1 Å². The predicted molar refractivity (Wildman–Crippen MR) is 118 cm³/mol. The van der Waals surface area contributed by atoms with Crippen LogP contribution in [0.15, 0.2) is 41.3 Å². The van der Waals surface area contributed by atoms with Gasteiger partial charge in [-0.2, -0.15) is 0 Å². The molecule has 1 spiro atoms. The highest BCUT2D eigenvalue weighted by atomic mass is 16.2. The van der Waals surface area contributed by atoms with Crippen LogP contribution in [0.4, 0.5) is 0 Å². The minimum Gasteiger partial charge on any atom is -0.355 e. The number of hydrogen-bond donors (Lipinski definition) is 1. The first-order valence-electron chi connectivity index (χ1n) is 11.3. The first-order chi connectivity index (χ1) is 15.0. The van der Waals surface area contributed by atoms with Crippen molar-refractivity contribution >= 4 is 11.8 Å². The number of carbonyl (C=O) groups is 2. The summed E-state index contributed by atoms with van der Waals surface area (Å²) in [6, 6.07) is 9.75. The van der Waals surface area contributed by atoms with Gasteiger partial charge in [-0.05, 0) is 47.8 Å². The summed E-state index contributed by atoms with van der Waals surface area (Å²) in [5, 5.41) is 2.63. The van der Waals surface area contributed by atoms with Crippen molar-refractivity contribution in [2.75, 3.05) is 13.6 Å². The van der Waals surface area contributed by atoms with E-state index >= 15 is 0 Å². The molecular formula is C25H29N3O3. The number of fused-ring (bicyclic) bond motifs is 1. The standard InChI is InChI=1S/C25H29N3O3/c1-26-22(29)21-19-9-12-27(23(30)20-13-25(20)10-5-6-11-25)15-18(19)16-28(24(21)31)14-17-7-3-2-4-8-17/h2-4,7-8,16,20H,5-6,9-15H2,1H3,(H,26,29). The van der Waals surface area contributed by atoms with Gasteiger partial charge in [0.05, 0.1) is 6.54 Å². The topological polar surface area (TPSA) is 71.4 Å². The number of rotatable bonds is 4. The van der Waals surface area contributed by atoms with E-state index in [4.69, 9.17) is 0 Å². The molecule has 2 heterocycles. The highest BCUT2D eigenvalue weighted by molar-refractivity contribution is 5.95. The van der Waals surface area contributed by atoms with Crippen molar-refractivity contribution in [3.63, 3.8) is 0 Å². The van der Waals surface area contributed by atoms with Gasteiger partial charge in [0.1, 0.15) is 5.56 Å². The third kappa shape index (κ3) is 3.48. The third-order valence-electron chi connectivity index (χ3n) is 7.52. The SMILES string of the molecule is CNC(=O)c1c2c(cn(Cc3ccccc3)c1=O)CN(C(=O)C1CC13CCCC3)CC2. The number of hydrogen-bond acceptors (Lipinski definition) is 3. The van der Waals surface area contributed by atoms with Crippen LogP contribution in [-0.2, 0) is 24.3 Å². The Morgan fingerprint density at radius 1 is 1.16 bits per heavy atom. The molecule has 2 aliphatic carbocycles. The van der Waals surface area contributed by atoms with Crippen molar-refractivity contribution in [2.24, 2.45) is 11.3 Å². The molecule has 3 aliphatic rings. The highest BCUT2D eigenvalue weighted by Crippen LogP contribution is 2.63. The van der Waals surface area contributed by atoms with E-state index in [-0.39, 0.29) is 34.3 Å². The van der Waals surface area contributed by atoms with Gasteiger partial charge in [0.2, 0.25) is 5.91 Å². The molecule has 0 saturated heterocycles.